The van der Waals surface area contributed by atoms with Crippen LogP contribution >= 0.6 is 11.6 Å². The Bertz CT molecular complexity index is 1020. The van der Waals surface area contributed by atoms with Gasteiger partial charge < -0.3 is 5.41 Å². The SMILES string of the molecule is C=C/C(Cl)=C(C(=C)CC)\C(C)=C/C.C=CC1CCC(C)CC1.CCCCCC1CCC1C.CN=C/C(C(C)=N)=C(\C)C(F)(F)F. The summed E-state index contributed by atoms with van der Waals surface area (Å²) in [5.41, 5.74) is 2.14. The van der Waals surface area contributed by atoms with E-state index in [1.807, 2.05) is 19.9 Å². The van der Waals surface area contributed by atoms with Crippen molar-refractivity contribution in [2.75, 3.05) is 7.05 Å². The van der Waals surface area contributed by atoms with Crippen LogP contribution in [0, 0.1) is 29.1 Å². The van der Waals surface area contributed by atoms with Gasteiger partial charge >= 0.3 is 6.18 Å². The molecule has 2 aliphatic rings. The van der Waals surface area contributed by atoms with Gasteiger partial charge in [-0.1, -0.05) is 116 Å². The number of aliphatic imine (C=N–C) groups is 1. The van der Waals surface area contributed by atoms with Gasteiger partial charge in [0.15, 0.2) is 0 Å². The van der Waals surface area contributed by atoms with Crippen molar-refractivity contribution in [3.05, 3.63) is 70.9 Å². The Morgan fingerprint density at radius 1 is 0.978 bits per heavy atom. The molecule has 2 fully saturated rings. The summed E-state index contributed by atoms with van der Waals surface area (Å²) in [4.78, 5) is 3.47. The van der Waals surface area contributed by atoms with Gasteiger partial charge in [-0.25, -0.2) is 0 Å². The molecule has 0 spiro atoms. The molecule has 1 N–H and O–H groups in total. The minimum atomic E-state index is -4.39. The van der Waals surface area contributed by atoms with Crippen LogP contribution in [0.1, 0.15) is 126 Å². The minimum Gasteiger partial charge on any atom is -0.305 e. The average molecular weight is 653 g/mol. The van der Waals surface area contributed by atoms with Crippen LogP contribution in [-0.4, -0.2) is 25.2 Å². The molecule has 0 aromatic heterocycles. The van der Waals surface area contributed by atoms with Gasteiger partial charge in [-0.2, -0.15) is 13.2 Å². The van der Waals surface area contributed by atoms with Crippen LogP contribution < -0.4 is 0 Å². The van der Waals surface area contributed by atoms with E-state index in [-0.39, 0.29) is 11.3 Å². The molecule has 6 heteroatoms. The topological polar surface area (TPSA) is 36.2 Å². The molecule has 0 amide bonds. The predicted molar refractivity (Wildman–Crippen MR) is 196 cm³/mol. The number of halogens is 4. The molecule has 0 bridgehead atoms. The molecule has 0 aromatic rings. The van der Waals surface area contributed by atoms with E-state index >= 15 is 0 Å². The first-order valence-electron chi connectivity index (χ1n) is 16.8. The minimum absolute atomic E-state index is 0.138. The van der Waals surface area contributed by atoms with Gasteiger partial charge in [0.25, 0.3) is 0 Å². The number of allylic oxidation sites excluding steroid dienone is 9. The number of rotatable bonds is 11. The Balaban J connectivity index is 0. The molecule has 0 aliphatic heterocycles. The summed E-state index contributed by atoms with van der Waals surface area (Å²) in [6, 6.07) is 0. The molecule has 2 atom stereocenters. The third-order valence-electron chi connectivity index (χ3n) is 8.89. The highest BCUT2D eigenvalue weighted by molar-refractivity contribution is 6.32. The summed E-state index contributed by atoms with van der Waals surface area (Å²) in [5.74, 6) is 3.96. The van der Waals surface area contributed by atoms with Crippen molar-refractivity contribution in [3.63, 3.8) is 0 Å². The second-order valence-corrected chi connectivity index (χ2v) is 12.9. The summed E-state index contributed by atoms with van der Waals surface area (Å²) in [6.07, 6.45) is 17.8. The van der Waals surface area contributed by atoms with Crippen molar-refractivity contribution in [1.29, 1.82) is 5.41 Å². The smallest absolute Gasteiger partial charge is 0.305 e. The molecule has 0 aromatic carbocycles. The number of nitrogens with zero attached hydrogens (tertiary/aromatic N) is 1. The van der Waals surface area contributed by atoms with E-state index in [4.69, 9.17) is 17.0 Å². The van der Waals surface area contributed by atoms with Gasteiger partial charge in [-0.3, -0.25) is 4.99 Å². The van der Waals surface area contributed by atoms with Crippen molar-refractivity contribution < 1.29 is 13.2 Å². The Morgan fingerprint density at radius 2 is 1.56 bits per heavy atom. The molecule has 0 heterocycles. The van der Waals surface area contributed by atoms with E-state index < -0.39 is 11.7 Å². The normalized spacial score (nSPS) is 22.5. The largest absolute Gasteiger partial charge is 0.413 e. The van der Waals surface area contributed by atoms with Gasteiger partial charge in [-0.15, -0.1) is 6.58 Å². The highest BCUT2D eigenvalue weighted by Gasteiger charge is 2.32. The van der Waals surface area contributed by atoms with Crippen LogP contribution in [0.3, 0.4) is 0 Å². The second-order valence-electron chi connectivity index (χ2n) is 12.5. The van der Waals surface area contributed by atoms with E-state index in [2.05, 4.69) is 58.5 Å². The summed E-state index contributed by atoms with van der Waals surface area (Å²) >= 11 is 6.04. The molecule has 0 saturated heterocycles. The quantitative estimate of drug-likeness (QED) is 0.0997. The lowest BCUT2D eigenvalue weighted by atomic mass is 9.72. The Hall–Kier alpha value is -2.14. The van der Waals surface area contributed by atoms with Gasteiger partial charge in [-0.05, 0) is 93.8 Å². The maximum absolute atomic E-state index is 12.2. The predicted octanol–water partition coefficient (Wildman–Crippen LogP) is 13.8. The molecule has 45 heavy (non-hydrogen) atoms. The van der Waals surface area contributed by atoms with E-state index in [0.717, 1.165) is 60.0 Å². The molecule has 258 valence electrons. The van der Waals surface area contributed by atoms with Crippen molar-refractivity contribution in [1.82, 2.24) is 0 Å². The van der Waals surface area contributed by atoms with Gasteiger partial charge in [0.05, 0.1) is 0 Å². The number of unbranched alkanes of at least 4 members (excludes halogenated alkanes) is 2. The van der Waals surface area contributed by atoms with Gasteiger partial charge in [0.1, 0.15) is 0 Å². The average Bonchev–Trinajstić information content (AvgIpc) is 3.01. The van der Waals surface area contributed by atoms with Crippen molar-refractivity contribution in [2.45, 2.75) is 132 Å². The Morgan fingerprint density at radius 3 is 1.89 bits per heavy atom. The molecule has 2 rings (SSSR count). The van der Waals surface area contributed by atoms with Gasteiger partial charge in [0, 0.05) is 35.2 Å². The van der Waals surface area contributed by atoms with Crippen LogP contribution in [-0.2, 0) is 0 Å². The standard InChI is InChI=1S/C12H17Cl.C10H20.C9H16.C8H11F3N2/c1-6-9(4)12(10(5)7-2)11(13)8-3;1-3-4-5-6-10-8-7-9(10)2;1-3-9-6-4-8(2)5-7-9;1-5(8(9,10)11)7(4-13-3)6(2)12/h7-8H,3-4,6H2,1-2,5H3;9-10H,3-8H2,1-2H3;3,8-9H,1,4-7H2,2H3;4,12H,1-3H3/b10-7-,12-11+;;;7-5-,12-6?,13-4?. The first-order chi connectivity index (χ1) is 21.0. The highest BCUT2D eigenvalue weighted by atomic mass is 35.5. The summed E-state index contributed by atoms with van der Waals surface area (Å²) in [7, 11) is 1.37. The van der Waals surface area contributed by atoms with Crippen molar-refractivity contribution in [2.24, 2.45) is 28.7 Å². The third kappa shape index (κ3) is 19.2. The maximum Gasteiger partial charge on any atom is 0.413 e. The van der Waals surface area contributed by atoms with Crippen LogP contribution in [0.5, 0.6) is 0 Å². The van der Waals surface area contributed by atoms with Crippen LogP contribution in [0.4, 0.5) is 13.2 Å². The Kier molecular flexibility index (Phi) is 25.0. The van der Waals surface area contributed by atoms with Gasteiger partial charge in [0.2, 0.25) is 0 Å². The number of nitrogens with one attached hydrogen (secondary N) is 1. The maximum atomic E-state index is 12.2. The first-order valence-corrected chi connectivity index (χ1v) is 17.1. The number of hydrogen-bond donors (Lipinski definition) is 1. The molecule has 2 nitrogen and oxygen atoms in total. The zero-order valence-corrected chi connectivity index (χ0v) is 30.7. The molecular weight excluding hydrogens is 589 g/mol. The van der Waals surface area contributed by atoms with E-state index in [9.17, 15) is 13.2 Å². The van der Waals surface area contributed by atoms with Crippen LogP contribution in [0.2, 0.25) is 0 Å². The highest BCUT2D eigenvalue weighted by Crippen LogP contribution is 2.37. The molecular formula is C39H64ClF3N2. The third-order valence-corrected chi connectivity index (χ3v) is 9.23. The van der Waals surface area contributed by atoms with Crippen LogP contribution in [0.25, 0.3) is 0 Å². The van der Waals surface area contributed by atoms with E-state index in [1.165, 1.54) is 78.2 Å². The lowest BCUT2D eigenvalue weighted by molar-refractivity contribution is -0.0915. The lowest BCUT2D eigenvalue weighted by Gasteiger charge is -2.33. The molecule has 2 unspecified atom stereocenters. The van der Waals surface area contributed by atoms with Crippen molar-refractivity contribution >= 4 is 23.5 Å². The number of alkyl halides is 3. The zero-order valence-electron chi connectivity index (χ0n) is 30.0. The lowest BCUT2D eigenvalue weighted by Crippen LogP contribution is -2.22. The molecule has 2 saturated carbocycles. The van der Waals surface area contributed by atoms with E-state index in [0.29, 0.717) is 5.03 Å². The summed E-state index contributed by atoms with van der Waals surface area (Å²) in [5, 5.41) is 7.80. The first kappa shape index (κ1) is 45.0. The zero-order chi connectivity index (χ0) is 35.2. The fourth-order valence-corrected chi connectivity index (χ4v) is 5.44. The number of hydrogen-bond acceptors (Lipinski definition) is 2. The van der Waals surface area contributed by atoms with E-state index in [1.54, 1.807) is 6.08 Å². The van der Waals surface area contributed by atoms with Crippen molar-refractivity contribution in [3.8, 4) is 0 Å². The monoisotopic (exact) mass is 652 g/mol. The molecule has 2 aliphatic carbocycles. The fraction of sp³-hybridized carbons (Fsp3) is 0.641. The van der Waals surface area contributed by atoms with Crippen LogP contribution in [0.15, 0.2) is 75.9 Å². The molecule has 0 radical (unpaired) electrons. The fourth-order valence-electron chi connectivity index (χ4n) is 5.16. The summed E-state index contributed by atoms with van der Waals surface area (Å²) in [6.45, 7) is 26.8. The second kappa shape index (κ2) is 25.0. The Labute approximate surface area is 280 Å². The summed E-state index contributed by atoms with van der Waals surface area (Å²) < 4.78 is 36.5.